The SMILES string of the molecule is O=c1oc2cccc(-c3ccc4ccccc4c3)c2o1. The second-order valence-corrected chi connectivity index (χ2v) is 4.65. The van der Waals surface area contributed by atoms with Crippen molar-refractivity contribution in [1.82, 2.24) is 0 Å². The third-order valence-electron chi connectivity index (χ3n) is 3.42. The molecule has 1 aromatic heterocycles. The van der Waals surface area contributed by atoms with Crippen LogP contribution in [0.2, 0.25) is 0 Å². The molecule has 20 heavy (non-hydrogen) atoms. The van der Waals surface area contributed by atoms with Crippen LogP contribution in [-0.2, 0) is 0 Å². The molecule has 3 heteroatoms. The Hall–Kier alpha value is -2.81. The minimum Gasteiger partial charge on any atom is -0.391 e. The summed E-state index contributed by atoms with van der Waals surface area (Å²) in [5.74, 6) is -0.673. The van der Waals surface area contributed by atoms with Crippen LogP contribution in [0.25, 0.3) is 33.1 Å². The van der Waals surface area contributed by atoms with E-state index in [1.165, 1.54) is 5.39 Å². The van der Waals surface area contributed by atoms with E-state index in [-0.39, 0.29) is 0 Å². The number of hydrogen-bond donors (Lipinski definition) is 0. The zero-order valence-corrected chi connectivity index (χ0v) is 10.5. The van der Waals surface area contributed by atoms with Gasteiger partial charge in [0.2, 0.25) is 0 Å². The Bertz CT molecular complexity index is 976. The summed E-state index contributed by atoms with van der Waals surface area (Å²) in [6.45, 7) is 0. The van der Waals surface area contributed by atoms with Crippen molar-refractivity contribution in [3.05, 3.63) is 71.3 Å². The first-order chi connectivity index (χ1) is 9.81. The van der Waals surface area contributed by atoms with Crippen molar-refractivity contribution in [2.45, 2.75) is 0 Å². The molecule has 0 unspecified atom stereocenters. The van der Waals surface area contributed by atoms with Gasteiger partial charge >= 0.3 is 5.82 Å². The van der Waals surface area contributed by atoms with E-state index in [0.29, 0.717) is 11.2 Å². The number of para-hydroxylation sites is 1. The van der Waals surface area contributed by atoms with Crippen LogP contribution < -0.4 is 5.82 Å². The zero-order valence-electron chi connectivity index (χ0n) is 10.5. The van der Waals surface area contributed by atoms with E-state index >= 15 is 0 Å². The maximum Gasteiger partial charge on any atom is 0.519 e. The first-order valence-electron chi connectivity index (χ1n) is 6.33. The molecule has 0 amide bonds. The summed E-state index contributed by atoms with van der Waals surface area (Å²) in [6.07, 6.45) is 0. The molecule has 3 aromatic carbocycles. The lowest BCUT2D eigenvalue weighted by Crippen LogP contribution is -1.84. The number of fused-ring (bicyclic) bond motifs is 2. The van der Waals surface area contributed by atoms with Gasteiger partial charge in [0.05, 0.1) is 0 Å². The molecule has 0 fully saturated rings. The Morgan fingerprint density at radius 3 is 2.50 bits per heavy atom. The molecule has 0 aliphatic rings. The summed E-state index contributed by atoms with van der Waals surface area (Å²) in [4.78, 5) is 11.3. The van der Waals surface area contributed by atoms with Crippen molar-refractivity contribution < 1.29 is 8.83 Å². The van der Waals surface area contributed by atoms with E-state index < -0.39 is 5.82 Å². The molecule has 0 radical (unpaired) electrons. The van der Waals surface area contributed by atoms with Crippen molar-refractivity contribution in [3.63, 3.8) is 0 Å². The van der Waals surface area contributed by atoms with Crippen molar-refractivity contribution in [1.29, 1.82) is 0 Å². The fourth-order valence-electron chi connectivity index (χ4n) is 2.48. The Morgan fingerprint density at radius 1 is 0.750 bits per heavy atom. The molecule has 0 atom stereocenters. The Morgan fingerprint density at radius 2 is 1.60 bits per heavy atom. The van der Waals surface area contributed by atoms with Crippen molar-refractivity contribution in [2.75, 3.05) is 0 Å². The van der Waals surface area contributed by atoms with Gasteiger partial charge in [0.15, 0.2) is 11.2 Å². The van der Waals surface area contributed by atoms with Crippen molar-refractivity contribution in [2.24, 2.45) is 0 Å². The van der Waals surface area contributed by atoms with Gasteiger partial charge in [0.1, 0.15) is 0 Å². The predicted molar refractivity (Wildman–Crippen MR) is 77.7 cm³/mol. The molecule has 4 rings (SSSR count). The highest BCUT2D eigenvalue weighted by molar-refractivity contribution is 5.93. The second-order valence-electron chi connectivity index (χ2n) is 4.65. The number of rotatable bonds is 1. The zero-order chi connectivity index (χ0) is 13.5. The first kappa shape index (κ1) is 11.1. The highest BCUT2D eigenvalue weighted by Crippen LogP contribution is 2.30. The number of hydrogen-bond acceptors (Lipinski definition) is 3. The van der Waals surface area contributed by atoms with Crippen molar-refractivity contribution >= 4 is 21.9 Å². The third kappa shape index (κ3) is 1.64. The van der Waals surface area contributed by atoms with Crippen LogP contribution in [0.1, 0.15) is 0 Å². The second kappa shape index (κ2) is 4.10. The maximum absolute atomic E-state index is 11.3. The van der Waals surface area contributed by atoms with Crippen molar-refractivity contribution in [3.8, 4) is 11.1 Å². The van der Waals surface area contributed by atoms with E-state index in [2.05, 4.69) is 24.3 Å². The monoisotopic (exact) mass is 262 g/mol. The lowest BCUT2D eigenvalue weighted by Gasteiger charge is -2.04. The van der Waals surface area contributed by atoms with Crippen LogP contribution >= 0.6 is 0 Å². The Balaban J connectivity index is 2.03. The predicted octanol–water partition coefficient (Wildman–Crippen LogP) is 4.21. The molecular formula is C17H10O3. The normalized spacial score (nSPS) is 11.2. The van der Waals surface area contributed by atoms with Crippen LogP contribution in [0, 0.1) is 0 Å². The summed E-state index contributed by atoms with van der Waals surface area (Å²) in [5, 5.41) is 2.32. The first-order valence-corrected chi connectivity index (χ1v) is 6.33. The summed E-state index contributed by atoms with van der Waals surface area (Å²) >= 11 is 0. The molecule has 0 saturated carbocycles. The van der Waals surface area contributed by atoms with Crippen LogP contribution in [0.5, 0.6) is 0 Å². The van der Waals surface area contributed by atoms with Crippen LogP contribution in [0.3, 0.4) is 0 Å². The van der Waals surface area contributed by atoms with Gasteiger partial charge in [0.25, 0.3) is 0 Å². The van der Waals surface area contributed by atoms with Gasteiger partial charge in [-0.3, -0.25) is 0 Å². The van der Waals surface area contributed by atoms with Crippen LogP contribution in [0.4, 0.5) is 0 Å². The van der Waals surface area contributed by atoms with Gasteiger partial charge in [-0.05, 0) is 28.5 Å². The van der Waals surface area contributed by atoms with E-state index in [1.54, 1.807) is 6.07 Å². The largest absolute Gasteiger partial charge is 0.519 e. The summed E-state index contributed by atoms with van der Waals surface area (Å²) in [6, 6.07) is 19.8. The average Bonchev–Trinajstić information content (AvgIpc) is 2.86. The van der Waals surface area contributed by atoms with Gasteiger partial charge < -0.3 is 8.83 Å². The number of benzene rings is 3. The fraction of sp³-hybridized carbons (Fsp3) is 0. The smallest absolute Gasteiger partial charge is 0.391 e. The quantitative estimate of drug-likeness (QED) is 0.516. The van der Waals surface area contributed by atoms with E-state index in [1.807, 2.05) is 30.3 Å². The summed E-state index contributed by atoms with van der Waals surface area (Å²) < 4.78 is 10.1. The van der Waals surface area contributed by atoms with Gasteiger partial charge in [0, 0.05) is 5.56 Å². The Labute approximate surface area is 114 Å². The molecule has 1 heterocycles. The molecule has 0 bridgehead atoms. The lowest BCUT2D eigenvalue weighted by atomic mass is 10.0. The van der Waals surface area contributed by atoms with E-state index in [0.717, 1.165) is 16.5 Å². The molecule has 0 N–H and O–H groups in total. The highest BCUT2D eigenvalue weighted by atomic mass is 16.6. The molecule has 4 aromatic rings. The van der Waals surface area contributed by atoms with Gasteiger partial charge in [-0.2, -0.15) is 0 Å². The molecule has 0 aliphatic heterocycles. The van der Waals surface area contributed by atoms with Crippen LogP contribution in [-0.4, -0.2) is 0 Å². The lowest BCUT2D eigenvalue weighted by molar-refractivity contribution is 0.409. The van der Waals surface area contributed by atoms with E-state index in [9.17, 15) is 4.79 Å². The molecule has 0 saturated heterocycles. The molecule has 3 nitrogen and oxygen atoms in total. The molecule has 0 spiro atoms. The van der Waals surface area contributed by atoms with Gasteiger partial charge in [-0.15, -0.1) is 0 Å². The van der Waals surface area contributed by atoms with Crippen LogP contribution in [0.15, 0.2) is 74.3 Å². The molecule has 96 valence electrons. The standard InChI is InChI=1S/C17H10O3/c18-17-19-15-7-3-6-14(16(15)20-17)13-9-8-11-4-1-2-5-12(11)10-13/h1-10H. The van der Waals surface area contributed by atoms with E-state index in [4.69, 9.17) is 8.83 Å². The third-order valence-corrected chi connectivity index (χ3v) is 3.42. The highest BCUT2D eigenvalue weighted by Gasteiger charge is 2.10. The van der Waals surface area contributed by atoms with Gasteiger partial charge in [-0.25, -0.2) is 4.79 Å². The molecular weight excluding hydrogens is 252 g/mol. The average molecular weight is 262 g/mol. The maximum atomic E-state index is 11.3. The Kier molecular flexibility index (Phi) is 2.27. The summed E-state index contributed by atoms with van der Waals surface area (Å²) in [5.41, 5.74) is 2.83. The molecule has 0 aliphatic carbocycles. The summed E-state index contributed by atoms with van der Waals surface area (Å²) in [7, 11) is 0. The minimum absolute atomic E-state index is 0.473. The fourth-order valence-corrected chi connectivity index (χ4v) is 2.48. The van der Waals surface area contributed by atoms with Gasteiger partial charge in [-0.1, -0.05) is 48.5 Å². The topological polar surface area (TPSA) is 43.4 Å². The minimum atomic E-state index is -0.673.